The molecular weight excluding hydrogens is 369 g/mol. The normalized spacial score (nSPS) is 17.3. The first kappa shape index (κ1) is 17.9. The van der Waals surface area contributed by atoms with Crippen molar-refractivity contribution < 1.29 is 9.50 Å². The maximum atomic E-state index is 13.5. The lowest BCUT2D eigenvalue weighted by atomic mass is 9.97. The quantitative estimate of drug-likeness (QED) is 0.715. The Kier molecular flexibility index (Phi) is 4.52. The van der Waals surface area contributed by atoms with Crippen molar-refractivity contribution in [2.24, 2.45) is 0 Å². The summed E-state index contributed by atoms with van der Waals surface area (Å²) in [6.07, 6.45) is 8.73. The first-order valence-corrected chi connectivity index (χ1v) is 9.88. The third-order valence-corrected chi connectivity index (χ3v) is 5.49. The van der Waals surface area contributed by atoms with Crippen LogP contribution in [0.4, 0.5) is 10.2 Å². The molecule has 1 aliphatic heterocycles. The van der Waals surface area contributed by atoms with Crippen molar-refractivity contribution in [3.05, 3.63) is 66.1 Å². The number of aliphatic hydroxyl groups excluding tert-OH is 1. The number of halogens is 1. The summed E-state index contributed by atoms with van der Waals surface area (Å²) in [4.78, 5) is 11.9. The minimum atomic E-state index is -0.271. The molecule has 6 nitrogen and oxygen atoms in total. The molecule has 2 N–H and O–H groups in total. The lowest BCUT2D eigenvalue weighted by Gasteiger charge is -2.28. The van der Waals surface area contributed by atoms with Gasteiger partial charge in [0.2, 0.25) is 0 Å². The van der Waals surface area contributed by atoms with Crippen molar-refractivity contribution in [1.29, 1.82) is 0 Å². The summed E-state index contributed by atoms with van der Waals surface area (Å²) in [6.45, 7) is 3.58. The number of fused-ring (bicyclic) bond motifs is 1. The van der Waals surface area contributed by atoms with Crippen molar-refractivity contribution in [1.82, 2.24) is 19.7 Å². The number of benzene rings is 1. The van der Waals surface area contributed by atoms with Gasteiger partial charge in [-0.1, -0.05) is 6.08 Å². The fourth-order valence-corrected chi connectivity index (χ4v) is 4.00. The smallest absolute Gasteiger partial charge is 0.181 e. The van der Waals surface area contributed by atoms with Crippen LogP contribution in [0.25, 0.3) is 22.5 Å². The van der Waals surface area contributed by atoms with Gasteiger partial charge in [-0.2, -0.15) is 0 Å². The van der Waals surface area contributed by atoms with E-state index in [1.165, 1.54) is 12.1 Å². The third-order valence-electron chi connectivity index (χ3n) is 5.49. The molecule has 3 heterocycles. The molecule has 0 radical (unpaired) electrons. The zero-order chi connectivity index (χ0) is 19.8. The van der Waals surface area contributed by atoms with Gasteiger partial charge in [-0.25, -0.2) is 14.4 Å². The third kappa shape index (κ3) is 3.27. The molecule has 7 heteroatoms. The van der Waals surface area contributed by atoms with Gasteiger partial charge >= 0.3 is 0 Å². The summed E-state index contributed by atoms with van der Waals surface area (Å²) in [5.74, 6) is 0.972. The minimum absolute atomic E-state index is 0.271. The predicted octanol–water partition coefficient (Wildman–Crippen LogP) is 3.56. The van der Waals surface area contributed by atoms with Gasteiger partial charge in [0.05, 0.1) is 17.1 Å². The van der Waals surface area contributed by atoms with Crippen molar-refractivity contribution in [2.45, 2.75) is 12.8 Å². The molecule has 1 aliphatic carbocycles. The average Bonchev–Trinajstić information content (AvgIpc) is 3.15. The SMILES string of the molecule is OC1=CC=C(c2c(-c3ccc(F)cc3)nc3c(N4CCNCC4)nccn23)CC1. The Morgan fingerprint density at radius 2 is 1.83 bits per heavy atom. The molecule has 0 bridgehead atoms. The number of hydrogen-bond acceptors (Lipinski definition) is 5. The maximum absolute atomic E-state index is 13.5. The molecule has 2 aliphatic rings. The highest BCUT2D eigenvalue weighted by Crippen LogP contribution is 2.36. The number of aliphatic hydroxyl groups is 1. The fraction of sp³-hybridized carbons (Fsp3) is 0.273. The summed E-state index contributed by atoms with van der Waals surface area (Å²) in [5.41, 5.74) is 4.51. The van der Waals surface area contributed by atoms with Crippen LogP contribution in [0.5, 0.6) is 0 Å². The van der Waals surface area contributed by atoms with Crippen molar-refractivity contribution in [2.75, 3.05) is 31.1 Å². The monoisotopic (exact) mass is 391 g/mol. The number of allylic oxidation sites excluding steroid dienone is 4. The molecule has 29 heavy (non-hydrogen) atoms. The molecule has 148 valence electrons. The van der Waals surface area contributed by atoms with Gasteiger partial charge in [0.15, 0.2) is 11.5 Å². The fourth-order valence-electron chi connectivity index (χ4n) is 4.00. The molecule has 2 aromatic heterocycles. The minimum Gasteiger partial charge on any atom is -0.512 e. The lowest BCUT2D eigenvalue weighted by molar-refractivity contribution is 0.388. The number of rotatable bonds is 3. The molecule has 0 saturated carbocycles. The molecular formula is C22H22FN5O. The van der Waals surface area contributed by atoms with Crippen LogP contribution >= 0.6 is 0 Å². The summed E-state index contributed by atoms with van der Waals surface area (Å²) >= 11 is 0. The summed E-state index contributed by atoms with van der Waals surface area (Å²) in [7, 11) is 0. The number of piperazine rings is 1. The van der Waals surface area contributed by atoms with E-state index in [0.29, 0.717) is 12.2 Å². The number of anilines is 1. The van der Waals surface area contributed by atoms with Gasteiger partial charge in [0, 0.05) is 50.6 Å². The van der Waals surface area contributed by atoms with E-state index in [1.54, 1.807) is 24.4 Å². The van der Waals surface area contributed by atoms with Crippen LogP contribution in [0, 0.1) is 5.82 Å². The first-order valence-electron chi connectivity index (χ1n) is 9.88. The number of aromatic nitrogens is 3. The summed E-state index contributed by atoms with van der Waals surface area (Å²) < 4.78 is 15.6. The van der Waals surface area contributed by atoms with E-state index in [9.17, 15) is 9.50 Å². The summed E-state index contributed by atoms with van der Waals surface area (Å²) in [6, 6.07) is 6.43. The predicted molar refractivity (Wildman–Crippen MR) is 111 cm³/mol. The molecule has 0 spiro atoms. The van der Waals surface area contributed by atoms with E-state index < -0.39 is 0 Å². The van der Waals surface area contributed by atoms with Gasteiger partial charge in [-0.3, -0.25) is 4.40 Å². The Bertz CT molecular complexity index is 1110. The van der Waals surface area contributed by atoms with E-state index in [0.717, 1.165) is 66.6 Å². The number of hydrogen-bond donors (Lipinski definition) is 2. The Hall–Kier alpha value is -3.19. The van der Waals surface area contributed by atoms with Crippen LogP contribution in [0.3, 0.4) is 0 Å². The molecule has 0 atom stereocenters. The second-order valence-electron chi connectivity index (χ2n) is 7.35. The Morgan fingerprint density at radius 1 is 1.03 bits per heavy atom. The van der Waals surface area contributed by atoms with Crippen LogP contribution in [0.1, 0.15) is 18.5 Å². The van der Waals surface area contributed by atoms with E-state index in [-0.39, 0.29) is 5.82 Å². The largest absolute Gasteiger partial charge is 0.512 e. The highest BCUT2D eigenvalue weighted by atomic mass is 19.1. The Balaban J connectivity index is 1.73. The van der Waals surface area contributed by atoms with Crippen molar-refractivity contribution in [3.63, 3.8) is 0 Å². The molecule has 0 unspecified atom stereocenters. The first-order chi connectivity index (χ1) is 14.2. The molecule has 5 rings (SSSR count). The van der Waals surface area contributed by atoms with E-state index in [2.05, 4.69) is 19.6 Å². The molecule has 1 fully saturated rings. The number of nitrogens with one attached hydrogen (secondary N) is 1. The van der Waals surface area contributed by atoms with Gasteiger partial charge in [0.25, 0.3) is 0 Å². The zero-order valence-electron chi connectivity index (χ0n) is 16.0. The molecule has 1 saturated heterocycles. The van der Waals surface area contributed by atoms with Crippen LogP contribution < -0.4 is 10.2 Å². The zero-order valence-corrected chi connectivity index (χ0v) is 16.0. The highest BCUT2D eigenvalue weighted by Gasteiger charge is 2.23. The van der Waals surface area contributed by atoms with Gasteiger partial charge in [-0.05, 0) is 42.3 Å². The van der Waals surface area contributed by atoms with Gasteiger partial charge in [0.1, 0.15) is 5.82 Å². The molecule has 0 amide bonds. The van der Waals surface area contributed by atoms with Gasteiger partial charge in [-0.15, -0.1) is 0 Å². The van der Waals surface area contributed by atoms with E-state index in [1.807, 2.05) is 12.3 Å². The van der Waals surface area contributed by atoms with Crippen molar-refractivity contribution in [3.8, 4) is 11.3 Å². The highest BCUT2D eigenvalue weighted by molar-refractivity contribution is 5.83. The van der Waals surface area contributed by atoms with Gasteiger partial charge < -0.3 is 15.3 Å². The number of nitrogens with zero attached hydrogens (tertiary/aromatic N) is 4. The van der Waals surface area contributed by atoms with Crippen LogP contribution in [-0.2, 0) is 0 Å². The molecule has 3 aromatic rings. The topological polar surface area (TPSA) is 65.7 Å². The second-order valence-corrected chi connectivity index (χ2v) is 7.35. The standard InChI is InChI=1S/C22H22FN5O/c23-17-5-1-15(2-6-17)19-20(16-3-7-18(29)8-4-16)28-14-11-25-21(22(28)26-19)27-12-9-24-10-13-27/h1-3,5-7,11,14,24,29H,4,8-10,12-13H2. The Morgan fingerprint density at radius 3 is 2.55 bits per heavy atom. The Labute approximate surface area is 168 Å². The second kappa shape index (κ2) is 7.33. The van der Waals surface area contributed by atoms with Crippen LogP contribution in [0.15, 0.2) is 54.6 Å². The lowest BCUT2D eigenvalue weighted by Crippen LogP contribution is -2.44. The number of imidazole rings is 1. The summed E-state index contributed by atoms with van der Waals surface area (Å²) in [5, 5.41) is 13.2. The van der Waals surface area contributed by atoms with E-state index >= 15 is 0 Å². The van der Waals surface area contributed by atoms with E-state index in [4.69, 9.17) is 4.98 Å². The average molecular weight is 391 g/mol. The molecule has 1 aromatic carbocycles. The van der Waals surface area contributed by atoms with Crippen LogP contribution in [-0.4, -0.2) is 45.7 Å². The van der Waals surface area contributed by atoms with Crippen molar-refractivity contribution >= 4 is 17.0 Å². The maximum Gasteiger partial charge on any atom is 0.181 e. The van der Waals surface area contributed by atoms with Crippen LogP contribution in [0.2, 0.25) is 0 Å².